The summed E-state index contributed by atoms with van der Waals surface area (Å²) >= 11 is 0. The van der Waals surface area contributed by atoms with Crippen LogP contribution in [-0.2, 0) is 16.1 Å². The van der Waals surface area contributed by atoms with E-state index in [0.717, 1.165) is 0 Å². The van der Waals surface area contributed by atoms with Gasteiger partial charge in [-0.1, -0.05) is 0 Å². The molecule has 0 saturated carbocycles. The van der Waals surface area contributed by atoms with Crippen LogP contribution in [0.5, 0.6) is 0 Å². The number of esters is 1. The van der Waals surface area contributed by atoms with E-state index in [1.807, 2.05) is 0 Å². The molecule has 9 nitrogen and oxygen atoms in total. The van der Waals surface area contributed by atoms with Crippen LogP contribution in [0, 0.1) is 0 Å². The number of carbonyl (C=O) groups excluding carboxylic acids is 3. The number of carbonyl (C=O) groups is 3. The van der Waals surface area contributed by atoms with Crippen LogP contribution in [-0.4, -0.2) is 40.3 Å². The summed E-state index contributed by atoms with van der Waals surface area (Å²) in [5, 5.41) is 8.50. The molecule has 0 aliphatic heterocycles. The number of rotatable bonds is 6. The van der Waals surface area contributed by atoms with Crippen LogP contribution in [0.15, 0.2) is 35.0 Å². The number of imide groups is 1. The lowest BCUT2D eigenvalue weighted by molar-refractivity contribution is -0.128. The highest BCUT2D eigenvalue weighted by molar-refractivity contribution is 5.98. The largest absolute Gasteiger partial charge is 0.452 e. The summed E-state index contributed by atoms with van der Waals surface area (Å²) in [5.41, 5.74) is 0. The SMILES string of the molecule is CCNC(=O)NC(=O)C(C)OC(=O)c1ccc(Cn2cccn2)o1. The molecule has 0 aromatic carbocycles. The number of nitrogens with one attached hydrogen (secondary N) is 2. The van der Waals surface area contributed by atoms with Gasteiger partial charge in [-0.25, -0.2) is 9.59 Å². The van der Waals surface area contributed by atoms with Gasteiger partial charge >= 0.3 is 12.0 Å². The smallest absolute Gasteiger partial charge is 0.375 e. The lowest BCUT2D eigenvalue weighted by atomic mass is 10.3. The molecular formula is C15H18N4O5. The van der Waals surface area contributed by atoms with E-state index in [1.165, 1.54) is 13.0 Å². The van der Waals surface area contributed by atoms with Gasteiger partial charge in [-0.2, -0.15) is 5.10 Å². The van der Waals surface area contributed by atoms with Crippen LogP contribution in [0.25, 0.3) is 0 Å². The van der Waals surface area contributed by atoms with Crippen LogP contribution in [0.2, 0.25) is 0 Å². The predicted molar refractivity (Wildman–Crippen MR) is 82.1 cm³/mol. The van der Waals surface area contributed by atoms with E-state index in [0.29, 0.717) is 18.8 Å². The number of amides is 3. The third-order valence-corrected chi connectivity index (χ3v) is 2.97. The molecule has 0 aliphatic carbocycles. The maximum atomic E-state index is 12.0. The number of ether oxygens (including phenoxy) is 1. The number of nitrogens with zero attached hydrogens (tertiary/aromatic N) is 2. The molecule has 0 saturated heterocycles. The average Bonchev–Trinajstić information content (AvgIpc) is 3.19. The van der Waals surface area contributed by atoms with E-state index < -0.39 is 24.0 Å². The molecule has 128 valence electrons. The number of urea groups is 1. The van der Waals surface area contributed by atoms with Gasteiger partial charge in [0.05, 0.1) is 6.54 Å². The van der Waals surface area contributed by atoms with Gasteiger partial charge < -0.3 is 14.5 Å². The quantitative estimate of drug-likeness (QED) is 0.759. The normalized spacial score (nSPS) is 11.6. The van der Waals surface area contributed by atoms with E-state index in [4.69, 9.17) is 9.15 Å². The third kappa shape index (κ3) is 4.70. The van der Waals surface area contributed by atoms with Gasteiger partial charge in [0.2, 0.25) is 5.76 Å². The molecule has 0 radical (unpaired) electrons. The highest BCUT2D eigenvalue weighted by Gasteiger charge is 2.22. The maximum absolute atomic E-state index is 12.0. The van der Waals surface area contributed by atoms with Gasteiger partial charge in [0.25, 0.3) is 5.91 Å². The average molecular weight is 334 g/mol. The first-order valence-electron chi connectivity index (χ1n) is 7.35. The first kappa shape index (κ1) is 17.3. The first-order valence-corrected chi connectivity index (χ1v) is 7.35. The Morgan fingerprint density at radius 3 is 2.83 bits per heavy atom. The van der Waals surface area contributed by atoms with Crippen molar-refractivity contribution < 1.29 is 23.5 Å². The Balaban J connectivity index is 1.88. The van der Waals surface area contributed by atoms with Crippen molar-refractivity contribution in [1.82, 2.24) is 20.4 Å². The number of furan rings is 1. The van der Waals surface area contributed by atoms with E-state index in [-0.39, 0.29) is 5.76 Å². The summed E-state index contributed by atoms with van der Waals surface area (Å²) in [6.45, 7) is 3.82. The Morgan fingerprint density at radius 2 is 2.17 bits per heavy atom. The van der Waals surface area contributed by atoms with Crippen LogP contribution >= 0.6 is 0 Å². The highest BCUT2D eigenvalue weighted by Crippen LogP contribution is 2.11. The van der Waals surface area contributed by atoms with Crippen LogP contribution in [0.1, 0.15) is 30.2 Å². The lowest BCUT2D eigenvalue weighted by Gasteiger charge is -2.12. The zero-order valence-electron chi connectivity index (χ0n) is 13.3. The predicted octanol–water partition coefficient (Wildman–Crippen LogP) is 0.915. The summed E-state index contributed by atoms with van der Waals surface area (Å²) < 4.78 is 12.0. The Hall–Kier alpha value is -3.10. The number of hydrogen-bond acceptors (Lipinski definition) is 6. The topological polar surface area (TPSA) is 115 Å². The van der Waals surface area contributed by atoms with E-state index in [9.17, 15) is 14.4 Å². The van der Waals surface area contributed by atoms with Gasteiger partial charge in [-0.3, -0.25) is 14.8 Å². The molecule has 2 aromatic rings. The molecule has 0 bridgehead atoms. The van der Waals surface area contributed by atoms with Crippen molar-refractivity contribution >= 4 is 17.9 Å². The summed E-state index contributed by atoms with van der Waals surface area (Å²) in [6, 6.07) is 4.20. The van der Waals surface area contributed by atoms with Crippen LogP contribution in [0.4, 0.5) is 4.79 Å². The minimum Gasteiger partial charge on any atom is -0.452 e. The standard InChI is InChI=1S/C15H18N4O5/c1-3-16-15(22)18-13(20)10(2)23-14(21)12-6-5-11(24-12)9-19-8-4-7-17-19/h4-8,10H,3,9H2,1-2H3,(H2,16,18,20,22). The molecule has 3 amide bonds. The summed E-state index contributed by atoms with van der Waals surface area (Å²) in [6.07, 6.45) is 2.25. The third-order valence-electron chi connectivity index (χ3n) is 2.97. The molecule has 9 heteroatoms. The Labute approximate surface area is 138 Å². The van der Waals surface area contributed by atoms with Crippen molar-refractivity contribution in [1.29, 1.82) is 0 Å². The van der Waals surface area contributed by atoms with E-state index in [1.54, 1.807) is 36.1 Å². The first-order chi connectivity index (χ1) is 11.5. The highest BCUT2D eigenvalue weighted by atomic mass is 16.6. The molecule has 24 heavy (non-hydrogen) atoms. The van der Waals surface area contributed by atoms with Crippen LogP contribution < -0.4 is 10.6 Å². The lowest BCUT2D eigenvalue weighted by Crippen LogP contribution is -2.44. The second-order valence-corrected chi connectivity index (χ2v) is 4.87. The summed E-state index contributed by atoms with van der Waals surface area (Å²) in [4.78, 5) is 34.9. The Morgan fingerprint density at radius 1 is 1.38 bits per heavy atom. The minimum absolute atomic E-state index is 0.0326. The second kappa shape index (κ2) is 7.95. The molecular weight excluding hydrogens is 316 g/mol. The molecule has 0 fully saturated rings. The monoisotopic (exact) mass is 334 g/mol. The fourth-order valence-electron chi connectivity index (χ4n) is 1.82. The molecule has 2 N–H and O–H groups in total. The number of aromatic nitrogens is 2. The minimum atomic E-state index is -1.14. The Kier molecular flexibility index (Phi) is 5.72. The molecule has 1 atom stereocenters. The molecule has 0 aliphatic rings. The van der Waals surface area contributed by atoms with Gasteiger partial charge in [0.15, 0.2) is 6.10 Å². The summed E-state index contributed by atoms with van der Waals surface area (Å²) in [7, 11) is 0. The van der Waals surface area contributed by atoms with Gasteiger partial charge in [-0.05, 0) is 32.0 Å². The van der Waals surface area contributed by atoms with Crippen LogP contribution in [0.3, 0.4) is 0 Å². The van der Waals surface area contributed by atoms with Crippen molar-refractivity contribution in [2.45, 2.75) is 26.5 Å². The molecule has 2 heterocycles. The fourth-order valence-corrected chi connectivity index (χ4v) is 1.82. The number of hydrogen-bond donors (Lipinski definition) is 2. The van der Waals surface area contributed by atoms with Gasteiger partial charge in [0.1, 0.15) is 5.76 Å². The van der Waals surface area contributed by atoms with E-state index in [2.05, 4.69) is 15.7 Å². The molecule has 2 aromatic heterocycles. The van der Waals surface area contributed by atoms with Crippen molar-refractivity contribution in [3.8, 4) is 0 Å². The molecule has 1 unspecified atom stereocenters. The summed E-state index contributed by atoms with van der Waals surface area (Å²) in [5.74, 6) is -1.03. The van der Waals surface area contributed by atoms with E-state index >= 15 is 0 Å². The Bertz CT molecular complexity index is 707. The van der Waals surface area contributed by atoms with Crippen molar-refractivity contribution in [3.05, 3.63) is 42.1 Å². The zero-order chi connectivity index (χ0) is 17.5. The molecule has 2 rings (SSSR count). The maximum Gasteiger partial charge on any atom is 0.375 e. The fraction of sp³-hybridized carbons (Fsp3) is 0.333. The van der Waals surface area contributed by atoms with Gasteiger partial charge in [0, 0.05) is 18.9 Å². The second-order valence-electron chi connectivity index (χ2n) is 4.87. The van der Waals surface area contributed by atoms with Crippen molar-refractivity contribution in [3.63, 3.8) is 0 Å². The van der Waals surface area contributed by atoms with Gasteiger partial charge in [-0.15, -0.1) is 0 Å². The molecule has 0 spiro atoms. The van der Waals surface area contributed by atoms with Crippen molar-refractivity contribution in [2.75, 3.05) is 6.54 Å². The van der Waals surface area contributed by atoms with Crippen molar-refractivity contribution in [2.24, 2.45) is 0 Å². The zero-order valence-corrected chi connectivity index (χ0v) is 13.3.